The lowest BCUT2D eigenvalue weighted by Crippen LogP contribution is -2.61. The Morgan fingerprint density at radius 2 is 2.00 bits per heavy atom. The van der Waals surface area contributed by atoms with Gasteiger partial charge >= 0.3 is 6.18 Å². The quantitative estimate of drug-likeness (QED) is 0.907. The van der Waals surface area contributed by atoms with E-state index in [0.717, 1.165) is 0 Å². The van der Waals surface area contributed by atoms with Gasteiger partial charge in [0.1, 0.15) is 5.69 Å². The number of rotatable bonds is 2. The normalized spacial score (nSPS) is 21.8. The van der Waals surface area contributed by atoms with Crippen LogP contribution in [-0.4, -0.2) is 42.0 Å². The number of halogens is 3. The van der Waals surface area contributed by atoms with Crippen molar-refractivity contribution in [1.82, 2.24) is 15.2 Å². The van der Waals surface area contributed by atoms with E-state index in [-0.39, 0.29) is 22.8 Å². The molecule has 1 aromatic heterocycles. The molecule has 2 aliphatic rings. The molecule has 2 saturated heterocycles. The van der Waals surface area contributed by atoms with Crippen LogP contribution in [0.2, 0.25) is 0 Å². The van der Waals surface area contributed by atoms with E-state index in [9.17, 15) is 18.0 Å². The standard InChI is InChI=1S/C16H20F3N3O/c1-15(9-20-10-15)14(23)22-7-4-11(5-8-22)12-3-2-6-21-13(12)16(17,18)19/h2-3,6,11,20H,4-5,7-10H2,1H3. The van der Waals surface area contributed by atoms with Crippen molar-refractivity contribution in [3.63, 3.8) is 0 Å². The second-order valence-corrected chi connectivity index (χ2v) is 6.67. The predicted molar refractivity (Wildman–Crippen MR) is 78.8 cm³/mol. The second kappa shape index (κ2) is 5.78. The van der Waals surface area contributed by atoms with Gasteiger partial charge in [0.25, 0.3) is 0 Å². The van der Waals surface area contributed by atoms with E-state index < -0.39 is 11.9 Å². The first kappa shape index (κ1) is 16.2. The first-order valence-corrected chi connectivity index (χ1v) is 7.83. The summed E-state index contributed by atoms with van der Waals surface area (Å²) in [6, 6.07) is 3.05. The number of nitrogens with one attached hydrogen (secondary N) is 1. The van der Waals surface area contributed by atoms with Crippen LogP contribution < -0.4 is 5.32 Å². The Morgan fingerprint density at radius 3 is 2.52 bits per heavy atom. The predicted octanol–water partition coefficient (Wildman–Crippen LogP) is 2.42. The van der Waals surface area contributed by atoms with Gasteiger partial charge in [-0.2, -0.15) is 13.2 Å². The van der Waals surface area contributed by atoms with Crippen molar-refractivity contribution in [2.45, 2.75) is 31.9 Å². The van der Waals surface area contributed by atoms with Crippen molar-refractivity contribution in [3.8, 4) is 0 Å². The SMILES string of the molecule is CC1(C(=O)N2CCC(c3cccnc3C(F)(F)F)CC2)CNC1. The molecule has 2 aliphatic heterocycles. The maximum absolute atomic E-state index is 13.1. The molecular weight excluding hydrogens is 307 g/mol. The molecule has 2 fully saturated rings. The maximum Gasteiger partial charge on any atom is 0.433 e. The lowest BCUT2D eigenvalue weighted by Gasteiger charge is -2.43. The molecular formula is C16H20F3N3O. The van der Waals surface area contributed by atoms with E-state index in [2.05, 4.69) is 10.3 Å². The number of carbonyl (C=O) groups excluding carboxylic acids is 1. The fourth-order valence-electron chi connectivity index (χ4n) is 3.41. The first-order valence-electron chi connectivity index (χ1n) is 7.83. The van der Waals surface area contributed by atoms with Gasteiger partial charge < -0.3 is 10.2 Å². The van der Waals surface area contributed by atoms with Crippen LogP contribution >= 0.6 is 0 Å². The summed E-state index contributed by atoms with van der Waals surface area (Å²) in [4.78, 5) is 17.8. The average Bonchev–Trinajstić information content (AvgIpc) is 2.51. The molecule has 0 bridgehead atoms. The van der Waals surface area contributed by atoms with E-state index >= 15 is 0 Å². The topological polar surface area (TPSA) is 45.2 Å². The Morgan fingerprint density at radius 1 is 1.35 bits per heavy atom. The first-order chi connectivity index (χ1) is 10.8. The van der Waals surface area contributed by atoms with Crippen LogP contribution in [0.3, 0.4) is 0 Å². The zero-order valence-corrected chi connectivity index (χ0v) is 13.0. The fourth-order valence-corrected chi connectivity index (χ4v) is 3.41. The van der Waals surface area contributed by atoms with E-state index in [1.165, 1.54) is 12.3 Å². The third kappa shape index (κ3) is 3.06. The molecule has 0 saturated carbocycles. The molecule has 3 rings (SSSR count). The summed E-state index contributed by atoms with van der Waals surface area (Å²) in [5, 5.41) is 3.10. The number of nitrogens with zero attached hydrogens (tertiary/aromatic N) is 2. The van der Waals surface area contributed by atoms with E-state index in [0.29, 0.717) is 39.0 Å². The largest absolute Gasteiger partial charge is 0.433 e. The van der Waals surface area contributed by atoms with Crippen molar-refractivity contribution >= 4 is 5.91 Å². The number of piperidine rings is 1. The second-order valence-electron chi connectivity index (χ2n) is 6.67. The number of hydrogen-bond acceptors (Lipinski definition) is 3. The highest BCUT2D eigenvalue weighted by Gasteiger charge is 2.43. The van der Waals surface area contributed by atoms with E-state index in [1.54, 1.807) is 11.0 Å². The third-order valence-corrected chi connectivity index (χ3v) is 4.88. The summed E-state index contributed by atoms with van der Waals surface area (Å²) < 4.78 is 39.3. The molecule has 0 aromatic carbocycles. The third-order valence-electron chi connectivity index (χ3n) is 4.88. The van der Waals surface area contributed by atoms with Gasteiger partial charge in [0.05, 0.1) is 5.41 Å². The summed E-state index contributed by atoms with van der Waals surface area (Å²) in [7, 11) is 0. The van der Waals surface area contributed by atoms with Gasteiger partial charge in [-0.15, -0.1) is 0 Å². The molecule has 0 spiro atoms. The Balaban J connectivity index is 1.69. The summed E-state index contributed by atoms with van der Waals surface area (Å²) in [6.45, 7) is 4.29. The zero-order valence-electron chi connectivity index (χ0n) is 13.0. The number of pyridine rings is 1. The van der Waals surface area contributed by atoms with Gasteiger partial charge in [-0.05, 0) is 37.3 Å². The Hall–Kier alpha value is -1.63. The molecule has 1 amide bonds. The summed E-state index contributed by atoms with van der Waals surface area (Å²) in [5.41, 5.74) is -0.887. The number of aromatic nitrogens is 1. The summed E-state index contributed by atoms with van der Waals surface area (Å²) in [5.74, 6) is -0.0892. The molecule has 0 radical (unpaired) electrons. The molecule has 0 atom stereocenters. The maximum atomic E-state index is 13.1. The van der Waals surface area contributed by atoms with Gasteiger partial charge in [0.2, 0.25) is 5.91 Å². The highest BCUT2D eigenvalue weighted by atomic mass is 19.4. The molecule has 23 heavy (non-hydrogen) atoms. The van der Waals surface area contributed by atoms with Crippen molar-refractivity contribution in [3.05, 3.63) is 29.6 Å². The monoisotopic (exact) mass is 327 g/mol. The highest BCUT2D eigenvalue weighted by Crippen LogP contribution is 2.38. The van der Waals surface area contributed by atoms with Crippen molar-refractivity contribution in [1.29, 1.82) is 0 Å². The highest BCUT2D eigenvalue weighted by molar-refractivity contribution is 5.84. The molecule has 0 unspecified atom stereocenters. The van der Waals surface area contributed by atoms with Crippen LogP contribution in [0, 0.1) is 5.41 Å². The van der Waals surface area contributed by atoms with Crippen LogP contribution in [0.15, 0.2) is 18.3 Å². The average molecular weight is 327 g/mol. The molecule has 4 nitrogen and oxygen atoms in total. The van der Waals surface area contributed by atoms with Crippen LogP contribution in [-0.2, 0) is 11.0 Å². The molecule has 1 N–H and O–H groups in total. The lowest BCUT2D eigenvalue weighted by molar-refractivity contribution is -0.146. The molecule has 126 valence electrons. The van der Waals surface area contributed by atoms with Crippen LogP contribution in [0.25, 0.3) is 0 Å². The number of carbonyl (C=O) groups is 1. The molecule has 1 aromatic rings. The van der Waals surface area contributed by atoms with Crippen molar-refractivity contribution < 1.29 is 18.0 Å². The smallest absolute Gasteiger partial charge is 0.342 e. The number of hydrogen-bond donors (Lipinski definition) is 1. The lowest BCUT2D eigenvalue weighted by atomic mass is 9.81. The summed E-state index contributed by atoms with van der Waals surface area (Å²) >= 11 is 0. The molecule has 0 aliphatic carbocycles. The Kier molecular flexibility index (Phi) is 4.08. The van der Waals surface area contributed by atoms with E-state index in [1.807, 2.05) is 6.92 Å². The van der Waals surface area contributed by atoms with Gasteiger partial charge in [-0.25, -0.2) is 0 Å². The number of amides is 1. The van der Waals surface area contributed by atoms with Crippen molar-refractivity contribution in [2.24, 2.45) is 5.41 Å². The van der Waals surface area contributed by atoms with Gasteiger partial charge in [-0.1, -0.05) is 6.07 Å². The van der Waals surface area contributed by atoms with Crippen LogP contribution in [0.1, 0.15) is 36.9 Å². The Bertz CT molecular complexity index is 590. The summed E-state index contributed by atoms with van der Waals surface area (Å²) in [6.07, 6.45) is -2.17. The minimum atomic E-state index is -4.44. The van der Waals surface area contributed by atoms with Gasteiger partial charge in [0.15, 0.2) is 0 Å². The molecule has 3 heterocycles. The van der Waals surface area contributed by atoms with Crippen molar-refractivity contribution in [2.75, 3.05) is 26.2 Å². The minimum absolute atomic E-state index is 0.108. The van der Waals surface area contributed by atoms with Crippen LogP contribution in [0.4, 0.5) is 13.2 Å². The van der Waals surface area contributed by atoms with Gasteiger partial charge in [-0.3, -0.25) is 9.78 Å². The number of alkyl halides is 3. The zero-order chi connectivity index (χ0) is 16.7. The van der Waals surface area contributed by atoms with E-state index in [4.69, 9.17) is 0 Å². The number of likely N-dealkylation sites (tertiary alicyclic amines) is 1. The van der Waals surface area contributed by atoms with Gasteiger partial charge in [0, 0.05) is 32.4 Å². The molecule has 7 heteroatoms. The van der Waals surface area contributed by atoms with Crippen LogP contribution in [0.5, 0.6) is 0 Å². The minimum Gasteiger partial charge on any atom is -0.342 e. The Labute approximate surface area is 133 Å². The fraction of sp³-hybridized carbons (Fsp3) is 0.625.